The van der Waals surface area contributed by atoms with Crippen molar-refractivity contribution in [3.63, 3.8) is 0 Å². The Balaban J connectivity index is 1.77. The summed E-state index contributed by atoms with van der Waals surface area (Å²) in [6.45, 7) is 2.69. The maximum atomic E-state index is 12.8. The lowest BCUT2D eigenvalue weighted by Crippen LogP contribution is -2.44. The second-order valence-corrected chi connectivity index (χ2v) is 7.88. The van der Waals surface area contributed by atoms with Gasteiger partial charge in [-0.1, -0.05) is 11.6 Å². The number of ketones is 1. The molecule has 4 heteroatoms. The van der Waals surface area contributed by atoms with Crippen LogP contribution in [0, 0.1) is 12.8 Å². The van der Waals surface area contributed by atoms with Gasteiger partial charge in [0.05, 0.1) is 5.60 Å². The van der Waals surface area contributed by atoms with Crippen LogP contribution in [0.3, 0.4) is 0 Å². The molecule has 0 saturated carbocycles. The molecule has 1 aromatic rings. The van der Waals surface area contributed by atoms with Crippen LogP contribution in [0.4, 0.5) is 0 Å². The Bertz CT molecular complexity index is 512. The molecular formula is C17H21ClO2S. The number of aryl methyl sites for hydroxylation is 1. The predicted molar refractivity (Wildman–Crippen MR) is 88.5 cm³/mol. The van der Waals surface area contributed by atoms with E-state index >= 15 is 0 Å². The third-order valence-corrected chi connectivity index (χ3v) is 5.80. The maximum absolute atomic E-state index is 12.8. The van der Waals surface area contributed by atoms with Crippen LogP contribution < -0.4 is 0 Å². The topological polar surface area (TPSA) is 26.3 Å². The van der Waals surface area contributed by atoms with Gasteiger partial charge in [-0.15, -0.1) is 0 Å². The van der Waals surface area contributed by atoms with E-state index in [9.17, 15) is 4.79 Å². The van der Waals surface area contributed by atoms with Crippen molar-refractivity contribution in [3.05, 3.63) is 34.3 Å². The number of rotatable bonds is 2. The van der Waals surface area contributed by atoms with E-state index in [2.05, 4.69) is 0 Å². The number of carbonyl (C=O) groups excluding carboxylic acids is 1. The fraction of sp³-hybridized carbons (Fsp3) is 0.588. The number of carbonyl (C=O) groups is 1. The van der Waals surface area contributed by atoms with Gasteiger partial charge in [-0.2, -0.15) is 11.8 Å². The number of thioether (sulfide) groups is 1. The van der Waals surface area contributed by atoms with E-state index in [0.29, 0.717) is 11.6 Å². The van der Waals surface area contributed by atoms with Crippen molar-refractivity contribution in [2.75, 3.05) is 18.1 Å². The maximum Gasteiger partial charge on any atom is 0.166 e. The summed E-state index contributed by atoms with van der Waals surface area (Å²) in [5, 5.41) is 0.647. The normalized spacial score (nSPS) is 25.0. The van der Waals surface area contributed by atoms with Crippen molar-refractivity contribution in [1.82, 2.24) is 0 Å². The average Bonchev–Trinajstić information content (AvgIpc) is 2.46. The highest BCUT2D eigenvalue weighted by molar-refractivity contribution is 7.99. The van der Waals surface area contributed by atoms with Gasteiger partial charge in [-0.05, 0) is 67.9 Å². The fourth-order valence-corrected chi connectivity index (χ4v) is 4.98. The molecule has 2 fully saturated rings. The number of Topliss-reactive ketones (excluding diaryl/α,β-unsaturated/α-hetero) is 1. The summed E-state index contributed by atoms with van der Waals surface area (Å²) in [4.78, 5) is 12.8. The number of benzene rings is 1. The minimum absolute atomic E-state index is 0.0442. The molecule has 21 heavy (non-hydrogen) atoms. The number of ether oxygens (including phenoxy) is 1. The highest BCUT2D eigenvalue weighted by atomic mass is 35.5. The molecule has 1 aromatic carbocycles. The van der Waals surface area contributed by atoms with Gasteiger partial charge in [0.15, 0.2) is 5.78 Å². The van der Waals surface area contributed by atoms with Crippen molar-refractivity contribution in [1.29, 1.82) is 0 Å². The Hall–Kier alpha value is -0.510. The Morgan fingerprint density at radius 2 is 2.10 bits per heavy atom. The molecule has 0 radical (unpaired) electrons. The molecule has 2 aliphatic heterocycles. The molecule has 1 spiro atoms. The van der Waals surface area contributed by atoms with Gasteiger partial charge >= 0.3 is 0 Å². The summed E-state index contributed by atoms with van der Waals surface area (Å²) in [5.41, 5.74) is 1.76. The molecule has 2 nitrogen and oxygen atoms in total. The number of hydrogen-bond donors (Lipinski definition) is 0. The Morgan fingerprint density at radius 3 is 2.81 bits per heavy atom. The molecule has 1 atom stereocenters. The van der Waals surface area contributed by atoms with Crippen LogP contribution in [-0.2, 0) is 4.74 Å². The molecule has 0 amide bonds. The third-order valence-electron chi connectivity index (χ3n) is 4.59. The number of halogens is 1. The lowest BCUT2D eigenvalue weighted by molar-refractivity contribution is -0.0959. The molecule has 0 aliphatic carbocycles. The predicted octanol–water partition coefficient (Wildman–Crippen LogP) is 4.52. The highest BCUT2D eigenvalue weighted by Crippen LogP contribution is 2.40. The van der Waals surface area contributed by atoms with Gasteiger partial charge < -0.3 is 4.74 Å². The van der Waals surface area contributed by atoms with E-state index in [1.54, 1.807) is 6.07 Å². The van der Waals surface area contributed by atoms with E-state index in [4.69, 9.17) is 16.3 Å². The Morgan fingerprint density at radius 1 is 1.33 bits per heavy atom. The zero-order valence-corrected chi connectivity index (χ0v) is 13.9. The van der Waals surface area contributed by atoms with Gasteiger partial charge in [-0.25, -0.2) is 0 Å². The quantitative estimate of drug-likeness (QED) is 0.748. The lowest BCUT2D eigenvalue weighted by atomic mass is 9.78. The van der Waals surface area contributed by atoms with Gasteiger partial charge in [-0.3, -0.25) is 4.79 Å². The third kappa shape index (κ3) is 3.46. The second kappa shape index (κ2) is 6.31. The largest absolute Gasteiger partial charge is 0.375 e. The van der Waals surface area contributed by atoms with Crippen LogP contribution in [0.5, 0.6) is 0 Å². The fourth-order valence-electron chi connectivity index (χ4n) is 3.46. The smallest absolute Gasteiger partial charge is 0.166 e. The minimum Gasteiger partial charge on any atom is -0.375 e. The van der Waals surface area contributed by atoms with Gasteiger partial charge in [0.25, 0.3) is 0 Å². The van der Waals surface area contributed by atoms with E-state index in [-0.39, 0.29) is 17.3 Å². The first-order valence-corrected chi connectivity index (χ1v) is 9.14. The van der Waals surface area contributed by atoms with Crippen LogP contribution in [0.1, 0.15) is 41.6 Å². The molecular weight excluding hydrogens is 304 g/mol. The molecule has 2 aliphatic rings. The average molecular weight is 325 g/mol. The molecule has 1 unspecified atom stereocenters. The molecule has 0 bridgehead atoms. The van der Waals surface area contributed by atoms with E-state index in [1.165, 1.54) is 0 Å². The molecule has 0 aromatic heterocycles. The SMILES string of the molecule is Cc1cc(Cl)cc(C(=O)C2CCOC3(CCSCC3)C2)c1. The van der Waals surface area contributed by atoms with Gasteiger partial charge in [0.2, 0.25) is 0 Å². The molecule has 0 N–H and O–H groups in total. The van der Waals surface area contributed by atoms with Crippen LogP contribution >= 0.6 is 23.4 Å². The van der Waals surface area contributed by atoms with Crippen LogP contribution in [0.15, 0.2) is 18.2 Å². The molecule has 3 rings (SSSR count). The standard InChI is InChI=1S/C17H21ClO2S/c1-12-8-14(10-15(18)9-12)16(19)13-2-5-20-17(11-13)3-6-21-7-4-17/h8-10,13H,2-7,11H2,1H3. The van der Waals surface area contributed by atoms with Crippen molar-refractivity contribution < 1.29 is 9.53 Å². The van der Waals surface area contributed by atoms with E-state index < -0.39 is 0 Å². The van der Waals surface area contributed by atoms with Crippen molar-refractivity contribution in [2.45, 2.75) is 38.2 Å². The zero-order valence-electron chi connectivity index (χ0n) is 12.4. The minimum atomic E-state index is -0.0442. The number of hydrogen-bond acceptors (Lipinski definition) is 3. The zero-order chi connectivity index (χ0) is 14.9. The summed E-state index contributed by atoms with van der Waals surface area (Å²) in [7, 11) is 0. The van der Waals surface area contributed by atoms with Crippen LogP contribution in [-0.4, -0.2) is 29.5 Å². The second-order valence-electron chi connectivity index (χ2n) is 6.22. The van der Waals surface area contributed by atoms with Crippen LogP contribution in [0.25, 0.3) is 0 Å². The van der Waals surface area contributed by atoms with Gasteiger partial charge in [0.1, 0.15) is 0 Å². The first-order valence-electron chi connectivity index (χ1n) is 7.61. The molecule has 2 saturated heterocycles. The summed E-state index contributed by atoms with van der Waals surface area (Å²) < 4.78 is 6.08. The summed E-state index contributed by atoms with van der Waals surface area (Å²) in [5.74, 6) is 2.62. The first kappa shape index (κ1) is 15.4. The lowest BCUT2D eigenvalue weighted by Gasteiger charge is -2.43. The highest BCUT2D eigenvalue weighted by Gasteiger charge is 2.41. The van der Waals surface area contributed by atoms with Crippen molar-refractivity contribution in [2.24, 2.45) is 5.92 Å². The van der Waals surface area contributed by atoms with E-state index in [1.807, 2.05) is 30.8 Å². The monoisotopic (exact) mass is 324 g/mol. The summed E-state index contributed by atoms with van der Waals surface area (Å²) in [6.07, 6.45) is 3.86. The molecule has 2 heterocycles. The molecule has 114 valence electrons. The van der Waals surface area contributed by atoms with Gasteiger partial charge in [0, 0.05) is 23.1 Å². The summed E-state index contributed by atoms with van der Waals surface area (Å²) in [6, 6.07) is 5.64. The Kier molecular flexibility index (Phi) is 4.63. The van der Waals surface area contributed by atoms with Crippen molar-refractivity contribution in [3.8, 4) is 0 Å². The van der Waals surface area contributed by atoms with Crippen LogP contribution in [0.2, 0.25) is 5.02 Å². The Labute approximate surface area is 135 Å². The summed E-state index contributed by atoms with van der Waals surface area (Å²) >= 11 is 8.09. The van der Waals surface area contributed by atoms with Crippen molar-refractivity contribution >= 4 is 29.1 Å². The first-order chi connectivity index (χ1) is 10.1. The van der Waals surface area contributed by atoms with E-state index in [0.717, 1.165) is 48.3 Å².